The number of nitrogens with one attached hydrogen (secondary N) is 3. The van der Waals surface area contributed by atoms with Gasteiger partial charge in [-0.25, -0.2) is 9.97 Å². The Hall–Kier alpha value is -3.02. The van der Waals surface area contributed by atoms with Crippen LogP contribution in [0.2, 0.25) is 0 Å². The topological polar surface area (TPSA) is 70.6 Å². The monoisotopic (exact) mass is 390 g/mol. The summed E-state index contributed by atoms with van der Waals surface area (Å²) < 4.78 is 2.11. The third-order valence-electron chi connectivity index (χ3n) is 4.92. The Bertz CT molecular complexity index is 1160. The van der Waals surface area contributed by atoms with Gasteiger partial charge in [0.1, 0.15) is 0 Å². The number of anilines is 2. The molecule has 0 fully saturated rings. The number of aryl methyl sites for hydroxylation is 1. The van der Waals surface area contributed by atoms with Gasteiger partial charge in [-0.3, -0.25) is 0 Å². The van der Waals surface area contributed by atoms with Crippen molar-refractivity contribution in [3.05, 3.63) is 48.0 Å². The zero-order valence-corrected chi connectivity index (χ0v) is 18.1. The van der Waals surface area contributed by atoms with Crippen molar-refractivity contribution in [3.63, 3.8) is 0 Å². The second-order valence-electron chi connectivity index (χ2n) is 9.48. The van der Waals surface area contributed by atoms with Gasteiger partial charge in [-0.1, -0.05) is 18.2 Å². The molecular weight excluding hydrogens is 360 g/mol. The molecule has 0 amide bonds. The summed E-state index contributed by atoms with van der Waals surface area (Å²) in [5.41, 5.74) is 5.22. The fourth-order valence-corrected chi connectivity index (χ4v) is 3.70. The minimum atomic E-state index is -0.157. The lowest BCUT2D eigenvalue weighted by Crippen LogP contribution is -2.34. The molecule has 152 valence electrons. The van der Waals surface area contributed by atoms with E-state index in [1.807, 2.05) is 25.2 Å². The molecule has 4 rings (SSSR count). The fraction of sp³-hybridized carbons (Fsp3) is 0.391. The molecule has 0 radical (unpaired) electrons. The molecule has 0 aliphatic carbocycles. The highest BCUT2D eigenvalue weighted by Crippen LogP contribution is 2.25. The van der Waals surface area contributed by atoms with E-state index in [0.29, 0.717) is 0 Å². The lowest BCUT2D eigenvalue weighted by molar-refractivity contribution is 0.556. The molecule has 0 saturated carbocycles. The predicted octanol–water partition coefficient (Wildman–Crippen LogP) is 5.09. The van der Waals surface area contributed by atoms with Crippen molar-refractivity contribution in [2.24, 2.45) is 7.05 Å². The van der Waals surface area contributed by atoms with Crippen LogP contribution >= 0.6 is 0 Å². The van der Waals surface area contributed by atoms with Crippen molar-refractivity contribution in [2.45, 2.75) is 52.1 Å². The molecule has 2 heterocycles. The number of rotatable bonds is 5. The van der Waals surface area contributed by atoms with E-state index in [4.69, 9.17) is 4.98 Å². The predicted molar refractivity (Wildman–Crippen MR) is 122 cm³/mol. The maximum absolute atomic E-state index is 4.75. The number of nitrogens with zero attached hydrogens (tertiary/aromatic N) is 3. The Morgan fingerprint density at radius 2 is 1.69 bits per heavy atom. The molecular formula is C23H30N6. The van der Waals surface area contributed by atoms with E-state index >= 15 is 0 Å². The number of hydrogen-bond acceptors (Lipinski definition) is 4. The van der Waals surface area contributed by atoms with Crippen molar-refractivity contribution >= 4 is 34.0 Å². The number of benzene rings is 2. The molecule has 0 aliphatic rings. The molecule has 2 aromatic carbocycles. The molecule has 4 aromatic rings. The average molecular weight is 391 g/mol. The lowest BCUT2D eigenvalue weighted by atomic mass is 9.95. The second kappa shape index (κ2) is 6.79. The minimum absolute atomic E-state index is 0.0335. The van der Waals surface area contributed by atoms with Crippen LogP contribution in [0.15, 0.2) is 42.5 Å². The Kier molecular flexibility index (Phi) is 4.52. The minimum Gasteiger partial charge on any atom is -0.351 e. The first kappa shape index (κ1) is 19.3. The molecule has 0 spiro atoms. The van der Waals surface area contributed by atoms with E-state index in [1.165, 1.54) is 5.56 Å². The summed E-state index contributed by atoms with van der Waals surface area (Å²) in [7, 11) is 2.05. The number of aromatic nitrogens is 4. The van der Waals surface area contributed by atoms with Crippen molar-refractivity contribution in [3.8, 4) is 0 Å². The standard InChI is InChI=1S/C23H30N6/c1-22(2,3)27-20-24-16-12-11-15(13-18(16)25-20)14-23(4,5)28-21-26-17-9-7-8-10-19(17)29(21)6/h7-13H,14H2,1-6H3,(H,26,28)(H2,24,25,27). The van der Waals surface area contributed by atoms with Crippen molar-refractivity contribution in [1.29, 1.82) is 0 Å². The van der Waals surface area contributed by atoms with E-state index in [2.05, 4.69) is 84.1 Å². The van der Waals surface area contributed by atoms with Gasteiger partial charge >= 0.3 is 0 Å². The number of imidazole rings is 2. The van der Waals surface area contributed by atoms with Crippen LogP contribution in [0.25, 0.3) is 22.1 Å². The smallest absolute Gasteiger partial charge is 0.204 e. The van der Waals surface area contributed by atoms with Crippen LogP contribution < -0.4 is 10.6 Å². The van der Waals surface area contributed by atoms with Crippen molar-refractivity contribution < 1.29 is 0 Å². The number of hydrogen-bond donors (Lipinski definition) is 3. The first-order chi connectivity index (χ1) is 13.6. The van der Waals surface area contributed by atoms with Gasteiger partial charge in [0.05, 0.1) is 22.1 Å². The van der Waals surface area contributed by atoms with E-state index in [0.717, 1.165) is 40.4 Å². The van der Waals surface area contributed by atoms with Gasteiger partial charge < -0.3 is 20.2 Å². The summed E-state index contributed by atoms with van der Waals surface area (Å²) >= 11 is 0. The van der Waals surface area contributed by atoms with Crippen molar-refractivity contribution in [2.75, 3.05) is 10.6 Å². The molecule has 0 atom stereocenters. The molecule has 0 aliphatic heterocycles. The molecule has 6 nitrogen and oxygen atoms in total. The third kappa shape index (κ3) is 4.21. The van der Waals surface area contributed by atoms with Gasteiger partial charge in [-0.2, -0.15) is 0 Å². The highest BCUT2D eigenvalue weighted by molar-refractivity contribution is 5.79. The van der Waals surface area contributed by atoms with Gasteiger partial charge in [0, 0.05) is 18.1 Å². The SMILES string of the molecule is Cn1c(NC(C)(C)Cc2ccc3nc(NC(C)(C)C)[nH]c3c2)nc2ccccc21. The van der Waals surface area contributed by atoms with Gasteiger partial charge in [0.25, 0.3) is 0 Å². The van der Waals surface area contributed by atoms with Gasteiger partial charge in [0.15, 0.2) is 0 Å². The molecule has 0 saturated heterocycles. The normalized spacial score (nSPS) is 12.6. The molecule has 2 aromatic heterocycles. The van der Waals surface area contributed by atoms with Gasteiger partial charge in [0.2, 0.25) is 11.9 Å². The summed E-state index contributed by atoms with van der Waals surface area (Å²) in [6.45, 7) is 10.8. The van der Waals surface area contributed by atoms with Crippen LogP contribution in [0.3, 0.4) is 0 Å². The van der Waals surface area contributed by atoms with Crippen LogP contribution in [0, 0.1) is 0 Å². The molecule has 3 N–H and O–H groups in total. The summed E-state index contributed by atoms with van der Waals surface area (Å²) in [4.78, 5) is 12.8. The maximum atomic E-state index is 4.75. The highest BCUT2D eigenvalue weighted by atomic mass is 15.2. The van der Waals surface area contributed by atoms with Gasteiger partial charge in [-0.05, 0) is 70.9 Å². The van der Waals surface area contributed by atoms with E-state index in [-0.39, 0.29) is 11.1 Å². The Labute approximate surface area is 171 Å². The number of H-pyrrole nitrogens is 1. The van der Waals surface area contributed by atoms with E-state index < -0.39 is 0 Å². The number of fused-ring (bicyclic) bond motifs is 2. The molecule has 6 heteroatoms. The largest absolute Gasteiger partial charge is 0.351 e. The van der Waals surface area contributed by atoms with Crippen LogP contribution in [0.5, 0.6) is 0 Å². The van der Waals surface area contributed by atoms with E-state index in [1.54, 1.807) is 0 Å². The Balaban J connectivity index is 1.55. The lowest BCUT2D eigenvalue weighted by Gasteiger charge is -2.27. The van der Waals surface area contributed by atoms with Gasteiger partial charge in [-0.15, -0.1) is 0 Å². The van der Waals surface area contributed by atoms with Crippen LogP contribution in [-0.2, 0) is 13.5 Å². The van der Waals surface area contributed by atoms with Crippen LogP contribution in [0.1, 0.15) is 40.2 Å². The first-order valence-corrected chi connectivity index (χ1v) is 10.1. The fourth-order valence-electron chi connectivity index (χ4n) is 3.70. The molecule has 29 heavy (non-hydrogen) atoms. The summed E-state index contributed by atoms with van der Waals surface area (Å²) in [6, 6.07) is 14.6. The Morgan fingerprint density at radius 1 is 0.931 bits per heavy atom. The zero-order valence-electron chi connectivity index (χ0n) is 18.1. The summed E-state index contributed by atoms with van der Waals surface area (Å²) in [5, 5.41) is 7.02. The van der Waals surface area contributed by atoms with Crippen LogP contribution in [0.4, 0.5) is 11.9 Å². The van der Waals surface area contributed by atoms with Crippen molar-refractivity contribution in [1.82, 2.24) is 19.5 Å². The summed E-state index contributed by atoms with van der Waals surface area (Å²) in [5.74, 6) is 1.69. The molecule has 0 unspecified atom stereocenters. The quantitative estimate of drug-likeness (QED) is 0.444. The second-order valence-corrected chi connectivity index (χ2v) is 9.48. The Morgan fingerprint density at radius 3 is 2.41 bits per heavy atom. The maximum Gasteiger partial charge on any atom is 0.204 e. The van der Waals surface area contributed by atoms with Crippen LogP contribution in [-0.4, -0.2) is 30.6 Å². The number of aromatic amines is 1. The molecule has 0 bridgehead atoms. The first-order valence-electron chi connectivity index (χ1n) is 10.1. The van der Waals surface area contributed by atoms with E-state index in [9.17, 15) is 0 Å². The summed E-state index contributed by atoms with van der Waals surface area (Å²) in [6.07, 6.45) is 0.868. The average Bonchev–Trinajstić information content (AvgIpc) is 3.13. The zero-order chi connectivity index (χ0) is 20.8. The number of para-hydroxylation sites is 2. The third-order valence-corrected chi connectivity index (χ3v) is 4.92. The highest BCUT2D eigenvalue weighted by Gasteiger charge is 2.22.